The van der Waals surface area contributed by atoms with Crippen molar-refractivity contribution in [3.8, 4) is 5.75 Å². The lowest BCUT2D eigenvalue weighted by atomic mass is 10.3. The lowest BCUT2D eigenvalue weighted by Crippen LogP contribution is -2.24. The fourth-order valence-corrected chi connectivity index (χ4v) is 2.72. The van der Waals surface area contributed by atoms with Crippen LogP contribution in [0.2, 0.25) is 5.02 Å². The Hall–Kier alpha value is -0.540. The average Bonchev–Trinajstić information content (AvgIpc) is 2.20. The molecule has 0 aliphatic carbocycles. The van der Waals surface area contributed by atoms with E-state index in [0.29, 0.717) is 10.8 Å². The highest BCUT2D eigenvalue weighted by Crippen LogP contribution is 2.50. The van der Waals surface area contributed by atoms with Crippen molar-refractivity contribution in [3.05, 3.63) is 29.3 Å². The first kappa shape index (κ1) is 13.5. The Morgan fingerprint density at radius 1 is 1.06 bits per heavy atom. The van der Waals surface area contributed by atoms with E-state index in [-0.39, 0.29) is 0 Å². The molecule has 0 radical (unpaired) electrons. The summed E-state index contributed by atoms with van der Waals surface area (Å²) in [6.45, 7) is 0. The van der Waals surface area contributed by atoms with Gasteiger partial charge in [0, 0.05) is 5.02 Å². The molecule has 0 aromatic heterocycles. The van der Waals surface area contributed by atoms with Gasteiger partial charge in [-0.05, 0) is 52.5 Å². The molecule has 0 unspecified atom stereocenters. The van der Waals surface area contributed by atoms with Gasteiger partial charge in [-0.3, -0.25) is 0 Å². The molecule has 1 rings (SSSR count). The molecule has 0 atom stereocenters. The summed E-state index contributed by atoms with van der Waals surface area (Å²) in [6, 6.07) is 6.79. The van der Waals surface area contributed by atoms with Gasteiger partial charge in [-0.1, -0.05) is 11.6 Å². The van der Waals surface area contributed by atoms with Crippen molar-refractivity contribution in [3.63, 3.8) is 0 Å². The van der Waals surface area contributed by atoms with E-state index >= 15 is 0 Å². The number of hydrogen-bond donors (Lipinski definition) is 0. The number of halogens is 1. The summed E-state index contributed by atoms with van der Waals surface area (Å²) in [6.07, 6.45) is 0. The molecule has 6 heteroatoms. The second-order valence-corrected chi connectivity index (χ2v) is 6.93. The summed E-state index contributed by atoms with van der Waals surface area (Å²) >= 11 is 5.76. The minimum absolute atomic E-state index is 0.537. The Morgan fingerprint density at radius 3 is 1.88 bits per heavy atom. The van der Waals surface area contributed by atoms with Crippen LogP contribution in [0.4, 0.5) is 0 Å². The fraction of sp³-hybridized carbons (Fsp3) is 0.400. The maximum Gasteiger partial charge on any atom is 0.394 e. The zero-order chi connectivity index (χ0) is 12.3. The molecule has 0 bridgehead atoms. The van der Waals surface area contributed by atoms with Crippen LogP contribution in [0.25, 0.3) is 0 Å². The predicted octanol–water partition coefficient (Wildman–Crippen LogP) is 2.95. The number of benzene rings is 1. The third-order valence-corrected chi connectivity index (χ3v) is 4.77. The van der Waals surface area contributed by atoms with Crippen molar-refractivity contribution in [2.24, 2.45) is 0 Å². The van der Waals surface area contributed by atoms with Gasteiger partial charge in [0.1, 0.15) is 5.75 Å². The fourth-order valence-electron chi connectivity index (χ4n) is 1.15. The second-order valence-electron chi connectivity index (χ2n) is 3.73. The molecule has 4 nitrogen and oxygen atoms in total. The highest BCUT2D eigenvalue weighted by Gasteiger charge is 2.30. The van der Waals surface area contributed by atoms with Crippen molar-refractivity contribution >= 4 is 19.3 Å². The monoisotopic (exact) mass is 262 g/mol. The summed E-state index contributed by atoms with van der Waals surface area (Å²) in [5, 5.41) is 0.622. The van der Waals surface area contributed by atoms with E-state index in [1.165, 1.54) is 0 Å². The Morgan fingerprint density at radius 2 is 1.50 bits per heavy atom. The largest absolute Gasteiger partial charge is 0.422 e. The Labute approximate surface area is 101 Å². The molecule has 0 saturated carbocycles. The van der Waals surface area contributed by atoms with Crippen LogP contribution >= 0.6 is 19.3 Å². The molecule has 0 saturated heterocycles. The Bertz CT molecular complexity index is 380. The standard InChI is InChI=1S/C10H16ClN2O2P/c1-12(2)16(14,13(3)4)15-10-7-5-9(11)6-8-10/h5-8H,1-4H3. The predicted molar refractivity (Wildman–Crippen MR) is 67.1 cm³/mol. The highest BCUT2D eigenvalue weighted by atomic mass is 35.5. The van der Waals surface area contributed by atoms with Gasteiger partial charge in [-0.2, -0.15) is 0 Å². The quantitative estimate of drug-likeness (QED) is 0.781. The summed E-state index contributed by atoms with van der Waals surface area (Å²) in [7, 11) is 3.90. The molecule has 16 heavy (non-hydrogen) atoms. The van der Waals surface area contributed by atoms with Crippen molar-refractivity contribution in [2.75, 3.05) is 28.2 Å². The summed E-state index contributed by atoms with van der Waals surface area (Å²) in [4.78, 5) is 0. The summed E-state index contributed by atoms with van der Waals surface area (Å²) in [5.41, 5.74) is 0. The first-order valence-corrected chi connectivity index (χ1v) is 6.68. The summed E-state index contributed by atoms with van der Waals surface area (Å²) in [5.74, 6) is 0.537. The smallest absolute Gasteiger partial charge is 0.394 e. The molecule has 0 fully saturated rings. The summed E-state index contributed by atoms with van der Waals surface area (Å²) < 4.78 is 21.1. The minimum atomic E-state index is -2.98. The van der Waals surface area contributed by atoms with Gasteiger partial charge in [0.15, 0.2) is 0 Å². The van der Waals surface area contributed by atoms with Crippen LogP contribution in [0.1, 0.15) is 0 Å². The SMILES string of the molecule is CN(C)P(=O)(Oc1ccc(Cl)cc1)N(C)C. The molecule has 0 amide bonds. The van der Waals surface area contributed by atoms with Gasteiger partial charge in [0.25, 0.3) is 0 Å². The van der Waals surface area contributed by atoms with Crippen LogP contribution < -0.4 is 4.52 Å². The second kappa shape index (κ2) is 5.19. The maximum atomic E-state index is 12.5. The van der Waals surface area contributed by atoms with Crippen LogP contribution in [-0.2, 0) is 4.57 Å². The van der Waals surface area contributed by atoms with Crippen molar-refractivity contribution in [1.82, 2.24) is 9.34 Å². The minimum Gasteiger partial charge on any atom is -0.422 e. The van der Waals surface area contributed by atoms with Crippen LogP contribution in [-0.4, -0.2) is 37.5 Å². The van der Waals surface area contributed by atoms with E-state index < -0.39 is 7.67 Å². The molecular formula is C10H16ClN2O2P. The molecule has 0 N–H and O–H groups in total. The van der Waals surface area contributed by atoms with Crippen LogP contribution in [0.15, 0.2) is 24.3 Å². The molecular weight excluding hydrogens is 247 g/mol. The van der Waals surface area contributed by atoms with Crippen molar-refractivity contribution in [2.45, 2.75) is 0 Å². The number of nitrogens with zero attached hydrogens (tertiary/aromatic N) is 2. The lowest BCUT2D eigenvalue weighted by Gasteiger charge is -2.29. The third kappa shape index (κ3) is 2.98. The van der Waals surface area contributed by atoms with Gasteiger partial charge in [-0.15, -0.1) is 0 Å². The molecule has 0 spiro atoms. The third-order valence-electron chi connectivity index (χ3n) is 2.05. The van der Waals surface area contributed by atoms with E-state index in [0.717, 1.165) is 0 Å². The zero-order valence-electron chi connectivity index (χ0n) is 9.85. The van der Waals surface area contributed by atoms with Crippen molar-refractivity contribution in [1.29, 1.82) is 0 Å². The van der Waals surface area contributed by atoms with Crippen LogP contribution in [0.5, 0.6) is 5.75 Å². The first-order valence-electron chi connectivity index (χ1n) is 4.77. The number of rotatable bonds is 4. The van der Waals surface area contributed by atoms with Crippen molar-refractivity contribution < 1.29 is 9.09 Å². The van der Waals surface area contributed by atoms with Crippen LogP contribution in [0.3, 0.4) is 0 Å². The van der Waals surface area contributed by atoms with E-state index in [1.54, 1.807) is 61.8 Å². The van der Waals surface area contributed by atoms with Gasteiger partial charge >= 0.3 is 7.67 Å². The molecule has 1 aromatic carbocycles. The first-order chi connectivity index (χ1) is 7.36. The van der Waals surface area contributed by atoms with E-state index in [2.05, 4.69) is 0 Å². The zero-order valence-corrected chi connectivity index (χ0v) is 11.5. The normalized spacial score (nSPS) is 12.2. The van der Waals surface area contributed by atoms with Gasteiger partial charge in [-0.25, -0.2) is 13.9 Å². The topological polar surface area (TPSA) is 32.8 Å². The lowest BCUT2D eigenvalue weighted by molar-refractivity contribution is 0.354. The van der Waals surface area contributed by atoms with E-state index in [4.69, 9.17) is 16.1 Å². The van der Waals surface area contributed by atoms with E-state index in [9.17, 15) is 4.57 Å². The molecule has 0 heterocycles. The maximum absolute atomic E-state index is 12.5. The average molecular weight is 263 g/mol. The Balaban J connectivity index is 2.93. The van der Waals surface area contributed by atoms with Gasteiger partial charge < -0.3 is 4.52 Å². The number of hydrogen-bond acceptors (Lipinski definition) is 2. The molecule has 1 aromatic rings. The van der Waals surface area contributed by atoms with Gasteiger partial charge in [0.05, 0.1) is 0 Å². The molecule has 0 aliphatic heterocycles. The van der Waals surface area contributed by atoms with Gasteiger partial charge in [0.2, 0.25) is 0 Å². The Kier molecular flexibility index (Phi) is 4.39. The molecule has 0 aliphatic rings. The van der Waals surface area contributed by atoms with Crippen LogP contribution in [0, 0.1) is 0 Å². The highest BCUT2D eigenvalue weighted by molar-refractivity contribution is 7.54. The van der Waals surface area contributed by atoms with E-state index in [1.807, 2.05) is 0 Å². The molecule has 90 valence electrons.